The molecule has 2 nitrogen and oxygen atoms in total. The molecule has 0 amide bonds. The first-order valence-electron chi connectivity index (χ1n) is 4.38. The molecule has 94 valence electrons. The molecule has 0 N–H and O–H groups in total. The predicted molar refractivity (Wildman–Crippen MR) is 47.2 cm³/mol. The van der Waals surface area contributed by atoms with Gasteiger partial charge in [-0.15, -0.1) is 0 Å². The second kappa shape index (κ2) is 4.68. The third-order valence-electron chi connectivity index (χ3n) is 1.96. The molecule has 7 heteroatoms. The summed E-state index contributed by atoms with van der Waals surface area (Å²) in [6.45, 7) is -0.278. The van der Waals surface area contributed by atoms with Gasteiger partial charge in [0.2, 0.25) is 0 Å². The fraction of sp³-hybridized carbons (Fsp3) is 0.300. The van der Waals surface area contributed by atoms with Crippen LogP contribution in [0.1, 0.15) is 11.1 Å². The molecule has 0 radical (unpaired) electrons. The zero-order valence-corrected chi connectivity index (χ0v) is 8.30. The monoisotopic (exact) mass is 254 g/mol. The first-order chi connectivity index (χ1) is 7.79. The van der Waals surface area contributed by atoms with Crippen LogP contribution in [0.2, 0.25) is 0 Å². The number of benzene rings is 1. The van der Waals surface area contributed by atoms with E-state index < -0.39 is 17.7 Å². The average molecular weight is 254 g/mol. The van der Waals surface area contributed by atoms with Crippen molar-refractivity contribution >= 4 is 6.47 Å². The Kier molecular flexibility index (Phi) is 3.69. The molecule has 1 rings (SSSR count). The number of hydrogen-bond donors (Lipinski definition) is 0. The molecule has 0 aliphatic carbocycles. The zero-order valence-electron chi connectivity index (χ0n) is 8.30. The van der Waals surface area contributed by atoms with Gasteiger partial charge in [-0.25, -0.2) is 0 Å². The van der Waals surface area contributed by atoms with Crippen LogP contribution in [0, 0.1) is 0 Å². The first kappa shape index (κ1) is 13.4. The van der Waals surface area contributed by atoms with Crippen molar-refractivity contribution < 1.29 is 31.5 Å². The van der Waals surface area contributed by atoms with E-state index in [-0.39, 0.29) is 18.6 Å². The molecule has 0 atom stereocenters. The van der Waals surface area contributed by atoms with Crippen molar-refractivity contribution in [1.29, 1.82) is 0 Å². The van der Waals surface area contributed by atoms with Crippen LogP contribution in [0.15, 0.2) is 24.3 Å². The third-order valence-corrected chi connectivity index (χ3v) is 1.96. The minimum Gasteiger partial charge on any atom is -0.463 e. The van der Waals surface area contributed by atoms with Gasteiger partial charge in [0.25, 0.3) is 6.47 Å². The smallest absolute Gasteiger partial charge is 0.458 e. The lowest BCUT2D eigenvalue weighted by Crippen LogP contribution is -2.33. The first-order valence-corrected chi connectivity index (χ1v) is 4.38. The Balaban J connectivity index is 3.02. The maximum absolute atomic E-state index is 12.9. The van der Waals surface area contributed by atoms with Crippen LogP contribution in [0.25, 0.3) is 0 Å². The standard InChI is InChI=1S/C10H7F5O2/c11-9(12,10(13,14)15)8-3-1-2-7(4-8)5-17-6-16/h1-4,6H,5H2. The van der Waals surface area contributed by atoms with Crippen molar-refractivity contribution in [3.63, 3.8) is 0 Å². The largest absolute Gasteiger partial charge is 0.463 e. The van der Waals surface area contributed by atoms with E-state index in [0.29, 0.717) is 12.1 Å². The van der Waals surface area contributed by atoms with Crippen LogP contribution in [0.5, 0.6) is 0 Å². The summed E-state index contributed by atoms with van der Waals surface area (Å²) >= 11 is 0. The normalized spacial score (nSPS) is 12.3. The van der Waals surface area contributed by atoms with Crippen molar-refractivity contribution in [3.05, 3.63) is 35.4 Å². The number of halogens is 5. The lowest BCUT2D eigenvalue weighted by molar-refractivity contribution is -0.289. The summed E-state index contributed by atoms with van der Waals surface area (Å²) in [5.41, 5.74) is -1.13. The fourth-order valence-corrected chi connectivity index (χ4v) is 1.15. The minimum atomic E-state index is -5.66. The number of carbonyl (C=O) groups excluding carboxylic acids is 1. The number of alkyl halides is 5. The Bertz CT molecular complexity index is 400. The van der Waals surface area contributed by atoms with Gasteiger partial charge in [-0.2, -0.15) is 22.0 Å². The summed E-state index contributed by atoms with van der Waals surface area (Å²) in [7, 11) is 0. The maximum Gasteiger partial charge on any atom is 0.458 e. The van der Waals surface area contributed by atoms with Gasteiger partial charge in [-0.05, 0) is 11.6 Å². The molecule has 17 heavy (non-hydrogen) atoms. The Morgan fingerprint density at radius 1 is 1.18 bits per heavy atom. The number of carbonyl (C=O) groups is 1. The number of ether oxygens (including phenoxy) is 1. The Hall–Kier alpha value is -1.66. The zero-order chi connectivity index (χ0) is 13.1. The van der Waals surface area contributed by atoms with Gasteiger partial charge in [0, 0.05) is 5.56 Å². The molecule has 0 saturated heterocycles. The Labute approximate surface area is 93.0 Å². The van der Waals surface area contributed by atoms with Gasteiger partial charge in [-0.3, -0.25) is 4.79 Å². The molecular formula is C10H7F5O2. The summed E-state index contributed by atoms with van der Waals surface area (Å²) in [5, 5.41) is 0. The van der Waals surface area contributed by atoms with E-state index in [1.807, 2.05) is 0 Å². The van der Waals surface area contributed by atoms with E-state index in [0.717, 1.165) is 6.07 Å². The van der Waals surface area contributed by atoms with Crippen LogP contribution in [0.4, 0.5) is 22.0 Å². The van der Waals surface area contributed by atoms with Gasteiger partial charge in [-0.1, -0.05) is 18.2 Å². The van der Waals surface area contributed by atoms with E-state index in [4.69, 9.17) is 0 Å². The van der Waals surface area contributed by atoms with Gasteiger partial charge in [0.05, 0.1) is 0 Å². The van der Waals surface area contributed by atoms with Crippen LogP contribution in [-0.2, 0) is 22.1 Å². The lowest BCUT2D eigenvalue weighted by atomic mass is 10.1. The van der Waals surface area contributed by atoms with E-state index in [1.54, 1.807) is 0 Å². The van der Waals surface area contributed by atoms with E-state index in [2.05, 4.69) is 4.74 Å². The van der Waals surface area contributed by atoms with E-state index in [9.17, 15) is 26.7 Å². The molecule has 1 aromatic rings. The number of rotatable bonds is 4. The minimum absolute atomic E-state index is 0.0542. The second-order valence-corrected chi connectivity index (χ2v) is 3.18. The maximum atomic E-state index is 12.9. The molecule has 0 saturated carbocycles. The van der Waals surface area contributed by atoms with E-state index >= 15 is 0 Å². The summed E-state index contributed by atoms with van der Waals surface area (Å²) in [6, 6.07) is 3.63. The Morgan fingerprint density at radius 3 is 2.35 bits per heavy atom. The van der Waals surface area contributed by atoms with Crippen molar-refractivity contribution in [2.24, 2.45) is 0 Å². The van der Waals surface area contributed by atoms with Crippen molar-refractivity contribution in [3.8, 4) is 0 Å². The highest BCUT2D eigenvalue weighted by atomic mass is 19.4. The van der Waals surface area contributed by atoms with Crippen molar-refractivity contribution in [2.75, 3.05) is 0 Å². The lowest BCUT2D eigenvalue weighted by Gasteiger charge is -2.20. The molecule has 0 aliphatic heterocycles. The van der Waals surface area contributed by atoms with E-state index in [1.165, 1.54) is 6.07 Å². The molecule has 0 unspecified atom stereocenters. The highest BCUT2D eigenvalue weighted by Crippen LogP contribution is 2.43. The molecule has 1 aromatic carbocycles. The number of hydrogen-bond acceptors (Lipinski definition) is 2. The van der Waals surface area contributed by atoms with Gasteiger partial charge in [0.15, 0.2) is 0 Å². The predicted octanol–water partition coefficient (Wildman–Crippen LogP) is 3.01. The van der Waals surface area contributed by atoms with Crippen LogP contribution < -0.4 is 0 Å². The average Bonchev–Trinajstić information content (AvgIpc) is 2.25. The third kappa shape index (κ3) is 2.92. The molecule has 0 heterocycles. The molecule has 0 spiro atoms. The summed E-state index contributed by atoms with van der Waals surface area (Å²) < 4.78 is 66.3. The van der Waals surface area contributed by atoms with Crippen LogP contribution in [-0.4, -0.2) is 12.6 Å². The van der Waals surface area contributed by atoms with Gasteiger partial charge >= 0.3 is 12.1 Å². The molecule has 0 aliphatic rings. The van der Waals surface area contributed by atoms with Crippen LogP contribution in [0.3, 0.4) is 0 Å². The quantitative estimate of drug-likeness (QED) is 0.609. The summed E-state index contributed by atoms with van der Waals surface area (Å²) in [5.74, 6) is -4.93. The Morgan fingerprint density at radius 2 is 1.82 bits per heavy atom. The topological polar surface area (TPSA) is 26.3 Å². The highest BCUT2D eigenvalue weighted by molar-refractivity contribution is 5.37. The molecule has 0 fully saturated rings. The van der Waals surface area contributed by atoms with Crippen molar-refractivity contribution in [2.45, 2.75) is 18.7 Å². The van der Waals surface area contributed by atoms with Crippen molar-refractivity contribution in [1.82, 2.24) is 0 Å². The summed E-state index contributed by atoms with van der Waals surface area (Å²) in [4.78, 5) is 9.87. The molecular weight excluding hydrogens is 247 g/mol. The second-order valence-electron chi connectivity index (χ2n) is 3.18. The molecule has 0 aromatic heterocycles. The van der Waals surface area contributed by atoms with Crippen LogP contribution >= 0.6 is 0 Å². The molecule has 0 bridgehead atoms. The fourth-order valence-electron chi connectivity index (χ4n) is 1.15. The highest BCUT2D eigenvalue weighted by Gasteiger charge is 2.58. The van der Waals surface area contributed by atoms with Gasteiger partial charge < -0.3 is 4.74 Å². The van der Waals surface area contributed by atoms with Gasteiger partial charge in [0.1, 0.15) is 6.61 Å². The summed E-state index contributed by atoms with van der Waals surface area (Å²) in [6.07, 6.45) is -5.66. The SMILES string of the molecule is O=COCc1cccc(C(F)(F)C(F)(F)F)c1.